The third-order valence-corrected chi connectivity index (χ3v) is 3.38. The molecule has 1 atom stereocenters. The van der Waals surface area contributed by atoms with E-state index in [0.717, 1.165) is 6.42 Å². The van der Waals surface area contributed by atoms with Crippen molar-refractivity contribution in [3.05, 3.63) is 34.4 Å². The first-order chi connectivity index (χ1) is 12.8. The molecule has 0 aliphatic heterocycles. The SMILES string of the molecule is CC=CC=CC(=O)N[C@@H](CCCNC(=N)N[N+](=O)[O-])C(=O)NCCC(C)C. The van der Waals surface area contributed by atoms with Crippen LogP contribution in [0.4, 0.5) is 0 Å². The van der Waals surface area contributed by atoms with Crippen LogP contribution in [0.3, 0.4) is 0 Å². The van der Waals surface area contributed by atoms with Gasteiger partial charge in [-0.3, -0.25) is 15.0 Å². The molecule has 2 amide bonds. The molecule has 152 valence electrons. The molecular formula is C17H30N6O4. The Kier molecular flexibility index (Phi) is 12.7. The highest BCUT2D eigenvalue weighted by molar-refractivity contribution is 5.93. The number of nitro groups is 1. The van der Waals surface area contributed by atoms with Gasteiger partial charge in [0, 0.05) is 19.2 Å². The van der Waals surface area contributed by atoms with Gasteiger partial charge in [0.1, 0.15) is 6.04 Å². The second-order valence-electron chi connectivity index (χ2n) is 6.23. The van der Waals surface area contributed by atoms with Crippen LogP contribution in [-0.2, 0) is 9.59 Å². The van der Waals surface area contributed by atoms with Gasteiger partial charge in [-0.2, -0.15) is 0 Å². The van der Waals surface area contributed by atoms with E-state index in [1.807, 2.05) is 6.92 Å². The molecular weight excluding hydrogens is 352 g/mol. The van der Waals surface area contributed by atoms with Gasteiger partial charge in [0.25, 0.3) is 5.96 Å². The minimum absolute atomic E-state index is 0.250. The summed E-state index contributed by atoms with van der Waals surface area (Å²) in [6.07, 6.45) is 7.99. The quantitative estimate of drug-likeness (QED) is 0.0642. The molecule has 0 aromatic rings. The van der Waals surface area contributed by atoms with Crippen molar-refractivity contribution >= 4 is 17.8 Å². The van der Waals surface area contributed by atoms with E-state index >= 15 is 0 Å². The predicted octanol–water partition coefficient (Wildman–Crippen LogP) is 0.852. The fourth-order valence-corrected chi connectivity index (χ4v) is 2.00. The maximum absolute atomic E-state index is 12.3. The number of hydrogen-bond donors (Lipinski definition) is 5. The molecule has 0 aliphatic rings. The van der Waals surface area contributed by atoms with Crippen LogP contribution in [0.5, 0.6) is 0 Å². The van der Waals surface area contributed by atoms with Crippen LogP contribution >= 0.6 is 0 Å². The zero-order valence-corrected chi connectivity index (χ0v) is 16.1. The average molecular weight is 382 g/mol. The van der Waals surface area contributed by atoms with Crippen molar-refractivity contribution in [2.45, 2.75) is 46.1 Å². The second kappa shape index (κ2) is 14.3. The summed E-state index contributed by atoms with van der Waals surface area (Å²) in [7, 11) is 0. The van der Waals surface area contributed by atoms with Crippen LogP contribution in [0.1, 0.15) is 40.0 Å². The molecule has 0 fully saturated rings. The van der Waals surface area contributed by atoms with Crippen molar-refractivity contribution in [3.63, 3.8) is 0 Å². The molecule has 0 bridgehead atoms. The fraction of sp³-hybridized carbons (Fsp3) is 0.588. The van der Waals surface area contributed by atoms with Crippen LogP contribution in [-0.4, -0.2) is 41.9 Å². The maximum atomic E-state index is 12.3. The minimum Gasteiger partial charge on any atom is -0.354 e. The summed E-state index contributed by atoms with van der Waals surface area (Å²) in [5.41, 5.74) is 1.68. The summed E-state index contributed by atoms with van der Waals surface area (Å²) in [5, 5.41) is 24.7. The Bertz CT molecular complexity index is 560. The van der Waals surface area contributed by atoms with Gasteiger partial charge in [-0.25, -0.2) is 10.1 Å². The van der Waals surface area contributed by atoms with Crippen LogP contribution in [0.2, 0.25) is 0 Å². The lowest BCUT2D eigenvalue weighted by Crippen LogP contribution is -2.47. The van der Waals surface area contributed by atoms with E-state index in [0.29, 0.717) is 25.3 Å². The smallest absolute Gasteiger partial charge is 0.251 e. The summed E-state index contributed by atoms with van der Waals surface area (Å²) in [4.78, 5) is 34.5. The Morgan fingerprint density at radius 2 is 1.85 bits per heavy atom. The van der Waals surface area contributed by atoms with E-state index in [1.165, 1.54) is 6.08 Å². The lowest BCUT2D eigenvalue weighted by Gasteiger charge is -2.18. The van der Waals surface area contributed by atoms with Gasteiger partial charge >= 0.3 is 0 Å². The highest BCUT2D eigenvalue weighted by Gasteiger charge is 2.19. The van der Waals surface area contributed by atoms with Gasteiger partial charge in [0.05, 0.1) is 0 Å². The number of allylic oxidation sites excluding steroid dienone is 3. The van der Waals surface area contributed by atoms with Gasteiger partial charge in [-0.1, -0.05) is 37.5 Å². The first-order valence-electron chi connectivity index (χ1n) is 8.87. The number of rotatable bonds is 12. The lowest BCUT2D eigenvalue weighted by atomic mass is 10.1. The number of carbonyl (C=O) groups excluding carboxylic acids is 2. The van der Waals surface area contributed by atoms with Gasteiger partial charge in [0.2, 0.25) is 11.8 Å². The summed E-state index contributed by atoms with van der Waals surface area (Å²) in [5.74, 6) is -0.641. The summed E-state index contributed by atoms with van der Waals surface area (Å²) < 4.78 is 0. The number of hydrazine groups is 1. The monoisotopic (exact) mass is 382 g/mol. The third kappa shape index (κ3) is 14.0. The molecule has 0 heterocycles. The van der Waals surface area contributed by atoms with Crippen LogP contribution in [0.25, 0.3) is 0 Å². The Labute approximate surface area is 159 Å². The normalized spacial score (nSPS) is 12.1. The Morgan fingerprint density at radius 3 is 2.44 bits per heavy atom. The van der Waals surface area contributed by atoms with Crippen LogP contribution in [0.15, 0.2) is 24.3 Å². The van der Waals surface area contributed by atoms with Crippen molar-refractivity contribution in [1.82, 2.24) is 21.4 Å². The molecule has 0 saturated heterocycles. The largest absolute Gasteiger partial charge is 0.354 e. The van der Waals surface area contributed by atoms with Crippen molar-refractivity contribution in [2.24, 2.45) is 5.92 Å². The van der Waals surface area contributed by atoms with Crippen LogP contribution < -0.4 is 21.4 Å². The molecule has 0 aromatic carbocycles. The van der Waals surface area contributed by atoms with Crippen molar-refractivity contribution in [2.75, 3.05) is 13.1 Å². The summed E-state index contributed by atoms with van der Waals surface area (Å²) in [6.45, 7) is 6.70. The molecule has 10 nitrogen and oxygen atoms in total. The van der Waals surface area contributed by atoms with E-state index in [4.69, 9.17) is 5.41 Å². The molecule has 0 spiro atoms. The molecule has 0 radical (unpaired) electrons. The average Bonchev–Trinajstić information content (AvgIpc) is 2.56. The maximum Gasteiger partial charge on any atom is 0.251 e. The summed E-state index contributed by atoms with van der Waals surface area (Å²) in [6, 6.07) is -0.723. The molecule has 0 rings (SSSR count). The van der Waals surface area contributed by atoms with Crippen molar-refractivity contribution in [3.8, 4) is 0 Å². The van der Waals surface area contributed by atoms with E-state index in [2.05, 4.69) is 29.8 Å². The Balaban J connectivity index is 4.57. The highest BCUT2D eigenvalue weighted by Crippen LogP contribution is 2.00. The van der Waals surface area contributed by atoms with Crippen molar-refractivity contribution < 1.29 is 14.6 Å². The number of nitrogens with zero attached hydrogens (tertiary/aromatic N) is 1. The van der Waals surface area contributed by atoms with E-state index in [1.54, 1.807) is 23.7 Å². The van der Waals surface area contributed by atoms with E-state index in [-0.39, 0.29) is 18.4 Å². The Morgan fingerprint density at radius 1 is 1.15 bits per heavy atom. The zero-order valence-electron chi connectivity index (χ0n) is 16.1. The zero-order chi connectivity index (χ0) is 20.7. The molecule has 0 saturated carbocycles. The number of nitrogens with one attached hydrogen (secondary N) is 5. The number of guanidine groups is 1. The van der Waals surface area contributed by atoms with Crippen LogP contribution in [0, 0.1) is 21.4 Å². The highest BCUT2D eigenvalue weighted by atomic mass is 16.7. The van der Waals surface area contributed by atoms with E-state index < -0.39 is 17.0 Å². The lowest BCUT2D eigenvalue weighted by molar-refractivity contribution is -0.525. The molecule has 5 N–H and O–H groups in total. The minimum atomic E-state index is -0.836. The first-order valence-corrected chi connectivity index (χ1v) is 8.87. The van der Waals surface area contributed by atoms with Gasteiger partial charge in [-0.05, 0) is 32.1 Å². The number of hydrogen-bond acceptors (Lipinski definition) is 5. The molecule has 0 aliphatic carbocycles. The second-order valence-corrected chi connectivity index (χ2v) is 6.23. The Hall–Kier alpha value is -2.91. The molecule has 0 unspecified atom stereocenters. The molecule has 27 heavy (non-hydrogen) atoms. The standard InChI is InChI=1S/C17H30N6O4/c1-4-5-6-9-15(24)21-14(16(25)19-12-10-13(2)3)8-7-11-20-17(18)22-23(26)27/h4-6,9,13-14H,7-8,10-12H2,1-3H3,(H,19,25)(H,21,24)(H3,18,20,22)/t14-/m0/s1. The van der Waals surface area contributed by atoms with Crippen molar-refractivity contribution in [1.29, 1.82) is 5.41 Å². The fourth-order valence-electron chi connectivity index (χ4n) is 2.00. The number of amides is 2. The predicted molar refractivity (Wildman–Crippen MR) is 103 cm³/mol. The van der Waals surface area contributed by atoms with Gasteiger partial charge in [-0.15, -0.1) is 0 Å². The topological polar surface area (TPSA) is 149 Å². The first kappa shape index (κ1) is 24.1. The van der Waals surface area contributed by atoms with E-state index in [9.17, 15) is 19.7 Å². The summed E-state index contributed by atoms with van der Waals surface area (Å²) >= 11 is 0. The molecule has 0 aromatic heterocycles. The third-order valence-electron chi connectivity index (χ3n) is 3.38. The molecule has 10 heteroatoms. The number of carbonyl (C=O) groups is 2. The van der Waals surface area contributed by atoms with Gasteiger partial charge in [0.15, 0.2) is 5.03 Å². The van der Waals surface area contributed by atoms with Gasteiger partial charge < -0.3 is 16.0 Å².